The van der Waals surface area contributed by atoms with Crippen molar-refractivity contribution in [2.24, 2.45) is 4.99 Å². The van der Waals surface area contributed by atoms with E-state index >= 15 is 0 Å². The van der Waals surface area contributed by atoms with Crippen LogP contribution in [-0.4, -0.2) is 47.0 Å². The minimum atomic E-state index is -0.297. The molecule has 8 heteroatoms. The first kappa shape index (κ1) is 19.7. The zero-order valence-corrected chi connectivity index (χ0v) is 15.4. The normalized spacial score (nSPS) is 12.7. The zero-order chi connectivity index (χ0) is 18.6. The van der Waals surface area contributed by atoms with Gasteiger partial charge >= 0.3 is 0 Å². The number of aryl methyl sites for hydroxylation is 1. The predicted molar refractivity (Wildman–Crippen MR) is 99.7 cm³/mol. The van der Waals surface area contributed by atoms with Crippen molar-refractivity contribution >= 4 is 5.96 Å². The van der Waals surface area contributed by atoms with Crippen molar-refractivity contribution in [1.82, 2.24) is 25.4 Å². The number of nitrogens with zero attached hydrogens (tertiary/aromatic N) is 4. The van der Waals surface area contributed by atoms with Crippen LogP contribution in [0.1, 0.15) is 26.2 Å². The molecule has 0 aliphatic carbocycles. The van der Waals surface area contributed by atoms with Gasteiger partial charge in [0, 0.05) is 26.2 Å². The maximum absolute atomic E-state index is 13.2. The van der Waals surface area contributed by atoms with E-state index in [-0.39, 0.29) is 11.9 Å². The van der Waals surface area contributed by atoms with E-state index in [1.54, 1.807) is 31.8 Å². The second-order valence-electron chi connectivity index (χ2n) is 5.89. The van der Waals surface area contributed by atoms with E-state index in [9.17, 15) is 4.39 Å². The number of hydrogen-bond donors (Lipinski definition) is 2. The van der Waals surface area contributed by atoms with E-state index < -0.39 is 0 Å². The van der Waals surface area contributed by atoms with Crippen LogP contribution in [0.4, 0.5) is 4.39 Å². The molecule has 2 rings (SSSR count). The molecule has 1 atom stereocenters. The Labute approximate surface area is 153 Å². The molecule has 2 aromatic rings. The summed E-state index contributed by atoms with van der Waals surface area (Å²) >= 11 is 0. The van der Waals surface area contributed by atoms with Crippen LogP contribution >= 0.6 is 0 Å². The Balaban J connectivity index is 1.66. The van der Waals surface area contributed by atoms with E-state index in [2.05, 4.69) is 25.8 Å². The SMILES string of the molecule is CCC(CNC(=NC)NCCCCn1cnnc1)Oc1cccc(F)c1. The lowest BCUT2D eigenvalue weighted by molar-refractivity contribution is 0.199. The predicted octanol–water partition coefficient (Wildman–Crippen LogP) is 2.22. The summed E-state index contributed by atoms with van der Waals surface area (Å²) in [5.41, 5.74) is 0. The maximum Gasteiger partial charge on any atom is 0.191 e. The molecule has 1 aromatic heterocycles. The fraction of sp³-hybridized carbons (Fsp3) is 0.500. The molecule has 1 unspecified atom stereocenters. The number of benzene rings is 1. The number of nitrogens with one attached hydrogen (secondary N) is 2. The Hall–Kier alpha value is -2.64. The summed E-state index contributed by atoms with van der Waals surface area (Å²) in [5.74, 6) is 0.973. The number of halogens is 1. The lowest BCUT2D eigenvalue weighted by atomic mass is 10.2. The number of ether oxygens (including phenoxy) is 1. The van der Waals surface area contributed by atoms with Gasteiger partial charge in [-0.3, -0.25) is 4.99 Å². The van der Waals surface area contributed by atoms with E-state index in [4.69, 9.17) is 4.74 Å². The van der Waals surface area contributed by atoms with Gasteiger partial charge in [-0.15, -0.1) is 10.2 Å². The first-order valence-corrected chi connectivity index (χ1v) is 8.90. The van der Waals surface area contributed by atoms with Crippen molar-refractivity contribution in [1.29, 1.82) is 0 Å². The highest BCUT2D eigenvalue weighted by molar-refractivity contribution is 5.79. The van der Waals surface area contributed by atoms with Gasteiger partial charge in [-0.05, 0) is 31.4 Å². The summed E-state index contributed by atoms with van der Waals surface area (Å²) in [5, 5.41) is 14.1. The van der Waals surface area contributed by atoms with Gasteiger partial charge in [0.25, 0.3) is 0 Å². The first-order valence-electron chi connectivity index (χ1n) is 8.90. The third kappa shape index (κ3) is 7.08. The Kier molecular flexibility index (Phi) is 8.38. The fourth-order valence-corrected chi connectivity index (χ4v) is 2.40. The topological polar surface area (TPSA) is 76.4 Å². The molecule has 0 saturated carbocycles. The zero-order valence-electron chi connectivity index (χ0n) is 15.4. The molecule has 0 spiro atoms. The highest BCUT2D eigenvalue weighted by Crippen LogP contribution is 2.14. The van der Waals surface area contributed by atoms with Gasteiger partial charge < -0.3 is 19.9 Å². The van der Waals surface area contributed by atoms with Gasteiger partial charge in [-0.25, -0.2) is 4.39 Å². The summed E-state index contributed by atoms with van der Waals surface area (Å²) in [7, 11) is 1.74. The Morgan fingerprint density at radius 1 is 1.27 bits per heavy atom. The summed E-state index contributed by atoms with van der Waals surface area (Å²) < 4.78 is 21.0. The molecule has 7 nitrogen and oxygen atoms in total. The lowest BCUT2D eigenvalue weighted by Crippen LogP contribution is -2.42. The molecule has 0 aliphatic heterocycles. The molecule has 0 bridgehead atoms. The molecular formula is C18H27FN6O. The standard InChI is InChI=1S/C18H27FN6O/c1-3-16(26-17-8-6-7-15(19)11-17)12-22-18(20-2)21-9-4-5-10-25-13-23-24-14-25/h6-8,11,13-14,16H,3-5,9-10,12H2,1-2H3,(H2,20,21,22). The molecule has 0 amide bonds. The number of unbranched alkanes of at least 4 members (excludes halogenated alkanes) is 1. The van der Waals surface area contributed by atoms with Crippen LogP contribution in [0, 0.1) is 5.82 Å². The van der Waals surface area contributed by atoms with Crippen molar-refractivity contribution < 1.29 is 9.13 Å². The molecule has 26 heavy (non-hydrogen) atoms. The quantitative estimate of drug-likeness (QED) is 0.385. The molecule has 0 radical (unpaired) electrons. The van der Waals surface area contributed by atoms with Gasteiger partial charge in [0.2, 0.25) is 0 Å². The molecule has 0 aliphatic rings. The van der Waals surface area contributed by atoms with Gasteiger partial charge in [0.15, 0.2) is 5.96 Å². The maximum atomic E-state index is 13.2. The smallest absolute Gasteiger partial charge is 0.191 e. The van der Waals surface area contributed by atoms with E-state index in [0.717, 1.165) is 38.3 Å². The van der Waals surface area contributed by atoms with E-state index in [1.165, 1.54) is 12.1 Å². The van der Waals surface area contributed by atoms with Crippen molar-refractivity contribution in [3.63, 3.8) is 0 Å². The summed E-state index contributed by atoms with van der Waals surface area (Å²) in [6, 6.07) is 6.20. The van der Waals surface area contributed by atoms with Gasteiger partial charge in [-0.2, -0.15) is 0 Å². The van der Waals surface area contributed by atoms with Crippen LogP contribution in [0.2, 0.25) is 0 Å². The Bertz CT molecular complexity index is 661. The number of guanidine groups is 1. The average Bonchev–Trinajstić information content (AvgIpc) is 3.16. The lowest BCUT2D eigenvalue weighted by Gasteiger charge is -2.20. The van der Waals surface area contributed by atoms with E-state index in [1.807, 2.05) is 11.5 Å². The van der Waals surface area contributed by atoms with Crippen molar-refractivity contribution in [2.45, 2.75) is 38.8 Å². The molecule has 0 fully saturated rings. The molecule has 142 valence electrons. The molecule has 0 saturated heterocycles. The van der Waals surface area contributed by atoms with Crippen molar-refractivity contribution in [3.8, 4) is 5.75 Å². The highest BCUT2D eigenvalue weighted by atomic mass is 19.1. The number of aliphatic imine (C=N–C) groups is 1. The molecular weight excluding hydrogens is 335 g/mol. The van der Waals surface area contributed by atoms with Crippen LogP contribution in [0.15, 0.2) is 41.9 Å². The Morgan fingerprint density at radius 2 is 2.08 bits per heavy atom. The number of aromatic nitrogens is 3. The van der Waals surface area contributed by atoms with Crippen LogP contribution in [-0.2, 0) is 6.54 Å². The second kappa shape index (κ2) is 11.1. The summed E-state index contributed by atoms with van der Waals surface area (Å²) in [6.07, 6.45) is 6.22. The monoisotopic (exact) mass is 362 g/mol. The van der Waals surface area contributed by atoms with Crippen LogP contribution in [0.5, 0.6) is 5.75 Å². The van der Waals surface area contributed by atoms with Crippen molar-refractivity contribution in [2.75, 3.05) is 20.1 Å². The van der Waals surface area contributed by atoms with Crippen LogP contribution in [0.3, 0.4) is 0 Å². The van der Waals surface area contributed by atoms with Gasteiger partial charge in [0.05, 0.1) is 6.54 Å². The Morgan fingerprint density at radius 3 is 2.77 bits per heavy atom. The molecule has 1 aromatic carbocycles. The third-order valence-electron chi connectivity index (χ3n) is 3.88. The minimum absolute atomic E-state index is 0.0657. The molecule has 2 N–H and O–H groups in total. The number of rotatable bonds is 10. The summed E-state index contributed by atoms with van der Waals surface area (Å²) in [6.45, 7) is 4.35. The van der Waals surface area contributed by atoms with Crippen LogP contribution in [0.25, 0.3) is 0 Å². The second-order valence-corrected chi connectivity index (χ2v) is 5.89. The average molecular weight is 362 g/mol. The summed E-state index contributed by atoms with van der Waals surface area (Å²) in [4.78, 5) is 4.22. The number of hydrogen-bond acceptors (Lipinski definition) is 4. The highest BCUT2D eigenvalue weighted by Gasteiger charge is 2.09. The van der Waals surface area contributed by atoms with Crippen LogP contribution < -0.4 is 15.4 Å². The molecule has 1 heterocycles. The fourth-order valence-electron chi connectivity index (χ4n) is 2.40. The largest absolute Gasteiger partial charge is 0.489 e. The third-order valence-corrected chi connectivity index (χ3v) is 3.88. The first-order chi connectivity index (χ1) is 12.7. The minimum Gasteiger partial charge on any atom is -0.489 e. The van der Waals surface area contributed by atoms with Crippen molar-refractivity contribution in [3.05, 3.63) is 42.7 Å². The van der Waals surface area contributed by atoms with E-state index in [0.29, 0.717) is 12.3 Å². The van der Waals surface area contributed by atoms with Gasteiger partial charge in [0.1, 0.15) is 30.3 Å². The van der Waals surface area contributed by atoms with Gasteiger partial charge in [-0.1, -0.05) is 13.0 Å².